The maximum atomic E-state index is 15.7. The number of piperidine rings is 1. The summed E-state index contributed by atoms with van der Waals surface area (Å²) in [5.41, 5.74) is 1.02. The Kier molecular flexibility index (Phi) is 8.28. The first-order valence-electron chi connectivity index (χ1n) is 16.2. The highest BCUT2D eigenvalue weighted by atomic mass is 28.3. The maximum Gasteiger partial charge on any atom is 0.407 e. The number of hydrogen-bond acceptors (Lipinski definition) is 7. The lowest BCUT2D eigenvalue weighted by Crippen LogP contribution is -2.52. The van der Waals surface area contributed by atoms with Gasteiger partial charge in [0.2, 0.25) is 5.95 Å². The average Bonchev–Trinajstić information content (AvgIpc) is 3.56. The van der Waals surface area contributed by atoms with E-state index in [1.165, 1.54) is 6.07 Å². The first kappa shape index (κ1) is 32.2. The largest absolute Gasteiger partial charge is 0.444 e. The molecule has 1 aromatic carbocycles. The molecule has 2 aliphatic heterocycles. The summed E-state index contributed by atoms with van der Waals surface area (Å²) in [6.45, 7) is 13.3. The van der Waals surface area contributed by atoms with E-state index in [1.807, 2.05) is 31.5 Å². The molecule has 0 unspecified atom stereocenters. The third kappa shape index (κ3) is 6.44. The van der Waals surface area contributed by atoms with Gasteiger partial charge in [-0.1, -0.05) is 19.6 Å². The van der Waals surface area contributed by atoms with Crippen molar-refractivity contribution in [2.45, 2.75) is 103 Å². The van der Waals surface area contributed by atoms with Crippen LogP contribution in [0.5, 0.6) is 0 Å². The number of hydrogen-bond donors (Lipinski definition) is 1. The van der Waals surface area contributed by atoms with Crippen LogP contribution in [0.3, 0.4) is 0 Å². The van der Waals surface area contributed by atoms with Gasteiger partial charge >= 0.3 is 6.09 Å². The van der Waals surface area contributed by atoms with E-state index < -0.39 is 25.6 Å². The van der Waals surface area contributed by atoms with Crippen LogP contribution in [0.25, 0.3) is 33.1 Å². The second kappa shape index (κ2) is 11.8. The summed E-state index contributed by atoms with van der Waals surface area (Å²) in [6.07, 6.45) is 6.55. The fraction of sp³-hybridized carbons (Fsp3) is 0.576. The van der Waals surface area contributed by atoms with Crippen molar-refractivity contribution in [3.05, 3.63) is 40.7 Å². The Labute approximate surface area is 269 Å². The van der Waals surface area contributed by atoms with Crippen molar-refractivity contribution in [2.24, 2.45) is 14.1 Å². The minimum absolute atomic E-state index is 0.0232. The van der Waals surface area contributed by atoms with Crippen LogP contribution in [0.2, 0.25) is 25.7 Å². The molecule has 3 atom stereocenters. The van der Waals surface area contributed by atoms with E-state index in [1.54, 1.807) is 35.6 Å². The van der Waals surface area contributed by atoms with Crippen molar-refractivity contribution in [1.29, 1.82) is 0 Å². The summed E-state index contributed by atoms with van der Waals surface area (Å²) >= 11 is 0. The summed E-state index contributed by atoms with van der Waals surface area (Å²) in [4.78, 5) is 34.2. The lowest BCUT2D eigenvalue weighted by molar-refractivity contribution is 0.0492. The third-order valence-electron chi connectivity index (χ3n) is 8.98. The number of halogens is 1. The number of ether oxygens (including phenoxy) is 2. The number of aryl methyl sites for hydroxylation is 1. The van der Waals surface area contributed by atoms with Crippen LogP contribution in [0.4, 0.5) is 15.1 Å². The third-order valence-corrected chi connectivity index (χ3v) is 10.7. The molecule has 3 aromatic heterocycles. The summed E-state index contributed by atoms with van der Waals surface area (Å²) in [5, 5.41) is 8.54. The molecule has 2 bridgehead atoms. The van der Waals surface area contributed by atoms with Gasteiger partial charge in [-0.2, -0.15) is 10.1 Å². The van der Waals surface area contributed by atoms with Crippen molar-refractivity contribution >= 4 is 42.1 Å². The standard InChI is InChI=1S/C33H46FN7O4Si/c1-33(2,3)45-32(43)35-21-14-22-9-10-23(15-21)41(22)31-36-29-28(30(42)39(31)5)25(18-40(29)19-44-11-12-46(6,7)8)24-13-20-17-38(4)37-27(20)16-26(24)34/h13,16-18,21-23H,9-12,14-15,19H2,1-8H3,(H,35,43)/t21-,22+,23-. The molecule has 1 N–H and O–H groups in total. The Bertz CT molecular complexity index is 1840. The normalized spacial score (nSPS) is 20.2. The monoisotopic (exact) mass is 651 g/mol. The molecule has 2 aliphatic rings. The van der Waals surface area contributed by atoms with Crippen molar-refractivity contribution < 1.29 is 18.7 Å². The molecule has 11 nitrogen and oxygen atoms in total. The molecule has 0 radical (unpaired) electrons. The number of benzene rings is 1. The van der Waals surface area contributed by atoms with Crippen LogP contribution in [-0.2, 0) is 30.3 Å². The number of nitrogens with zero attached hydrogens (tertiary/aromatic N) is 6. The number of carbonyl (C=O) groups is 1. The SMILES string of the molecule is Cn1cc2cc(-c3cn(COCC[Si](C)(C)C)c4nc(N5[C@@H]6CC[C@H]5C[C@@H](NC(=O)OC(C)(C)C)C6)n(C)c(=O)c34)c(F)cc2n1. The molecular weight excluding hydrogens is 605 g/mol. The molecule has 1 amide bonds. The Balaban J connectivity index is 1.38. The molecule has 2 saturated heterocycles. The summed E-state index contributed by atoms with van der Waals surface area (Å²) in [6, 6.07) is 4.36. The zero-order chi connectivity index (χ0) is 33.1. The molecule has 0 saturated carbocycles. The molecule has 0 spiro atoms. The van der Waals surface area contributed by atoms with Gasteiger partial charge in [0.25, 0.3) is 5.56 Å². The molecule has 6 rings (SSSR count). The number of rotatable bonds is 8. The van der Waals surface area contributed by atoms with Gasteiger partial charge in [0.1, 0.15) is 18.1 Å². The predicted molar refractivity (Wildman–Crippen MR) is 180 cm³/mol. The van der Waals surface area contributed by atoms with Crippen molar-refractivity contribution in [3.8, 4) is 11.1 Å². The minimum Gasteiger partial charge on any atom is -0.444 e. The highest BCUT2D eigenvalue weighted by Gasteiger charge is 2.43. The van der Waals surface area contributed by atoms with Crippen LogP contribution in [0.15, 0.2) is 29.3 Å². The smallest absolute Gasteiger partial charge is 0.407 e. The number of fused-ring (bicyclic) bond motifs is 4. The van der Waals surface area contributed by atoms with E-state index in [0.29, 0.717) is 40.2 Å². The molecule has 4 aromatic rings. The van der Waals surface area contributed by atoms with Crippen molar-refractivity contribution in [2.75, 3.05) is 11.5 Å². The van der Waals surface area contributed by atoms with Gasteiger partial charge in [0.15, 0.2) is 5.65 Å². The summed E-state index contributed by atoms with van der Waals surface area (Å²) in [5.74, 6) is 0.130. The predicted octanol–water partition coefficient (Wildman–Crippen LogP) is 5.76. The Morgan fingerprint density at radius 3 is 2.43 bits per heavy atom. The zero-order valence-electron chi connectivity index (χ0n) is 28.2. The van der Waals surface area contributed by atoms with Crippen LogP contribution < -0.4 is 15.8 Å². The molecule has 46 heavy (non-hydrogen) atoms. The lowest BCUT2D eigenvalue weighted by atomic mass is 9.98. The molecular formula is C33H46FN7O4Si. The first-order valence-corrected chi connectivity index (χ1v) is 19.9. The summed E-state index contributed by atoms with van der Waals surface area (Å²) < 4.78 is 32.4. The molecule has 0 aliphatic carbocycles. The van der Waals surface area contributed by atoms with Crippen LogP contribution in [0.1, 0.15) is 46.5 Å². The van der Waals surface area contributed by atoms with Crippen LogP contribution in [-0.4, -0.2) is 68.4 Å². The number of amides is 1. The Morgan fingerprint density at radius 1 is 1.09 bits per heavy atom. The maximum absolute atomic E-state index is 15.7. The molecule has 5 heterocycles. The van der Waals surface area contributed by atoms with E-state index in [9.17, 15) is 9.59 Å². The molecule has 13 heteroatoms. The highest BCUT2D eigenvalue weighted by molar-refractivity contribution is 6.76. The van der Waals surface area contributed by atoms with Crippen LogP contribution >= 0.6 is 0 Å². The van der Waals surface area contributed by atoms with E-state index in [4.69, 9.17) is 14.5 Å². The average molecular weight is 652 g/mol. The first-order chi connectivity index (χ1) is 21.6. The topological polar surface area (TPSA) is 108 Å². The Hall–Kier alpha value is -3.71. The van der Waals surface area contributed by atoms with Gasteiger partial charge in [-0.15, -0.1) is 0 Å². The number of alkyl carbamates (subject to hydrolysis) is 1. The second-order valence-electron chi connectivity index (χ2n) is 15.1. The van der Waals surface area contributed by atoms with Gasteiger partial charge in [0, 0.05) is 81.9 Å². The van der Waals surface area contributed by atoms with Crippen molar-refractivity contribution in [3.63, 3.8) is 0 Å². The van der Waals surface area contributed by atoms with Crippen LogP contribution in [0, 0.1) is 5.82 Å². The highest BCUT2D eigenvalue weighted by Crippen LogP contribution is 2.40. The lowest BCUT2D eigenvalue weighted by Gasteiger charge is -2.40. The van der Waals surface area contributed by atoms with E-state index in [-0.39, 0.29) is 30.4 Å². The van der Waals surface area contributed by atoms with Gasteiger partial charge in [0.05, 0.1) is 10.9 Å². The number of anilines is 1. The van der Waals surface area contributed by atoms with E-state index in [0.717, 1.165) is 37.1 Å². The number of nitrogens with one attached hydrogen (secondary N) is 1. The molecule has 2 fully saturated rings. The minimum atomic E-state index is -1.31. The number of aromatic nitrogens is 5. The summed E-state index contributed by atoms with van der Waals surface area (Å²) in [7, 11) is 2.22. The van der Waals surface area contributed by atoms with Gasteiger partial charge in [-0.05, 0) is 58.6 Å². The number of carbonyl (C=O) groups excluding carboxylic acids is 1. The second-order valence-corrected chi connectivity index (χ2v) is 20.8. The van der Waals surface area contributed by atoms with Crippen molar-refractivity contribution in [1.82, 2.24) is 29.2 Å². The zero-order valence-corrected chi connectivity index (χ0v) is 29.2. The van der Waals surface area contributed by atoms with Gasteiger partial charge in [-0.25, -0.2) is 9.18 Å². The van der Waals surface area contributed by atoms with Gasteiger partial charge < -0.3 is 24.3 Å². The van der Waals surface area contributed by atoms with E-state index >= 15 is 4.39 Å². The van der Waals surface area contributed by atoms with E-state index in [2.05, 4.69) is 35.0 Å². The fourth-order valence-electron chi connectivity index (χ4n) is 6.85. The fourth-order valence-corrected chi connectivity index (χ4v) is 7.61. The molecule has 248 valence electrons. The quantitative estimate of drug-likeness (QED) is 0.191. The Morgan fingerprint density at radius 2 is 1.78 bits per heavy atom. The van der Waals surface area contributed by atoms with Gasteiger partial charge in [-0.3, -0.25) is 14.0 Å².